The Morgan fingerprint density at radius 1 is 1.33 bits per heavy atom. The summed E-state index contributed by atoms with van der Waals surface area (Å²) >= 11 is 12.5. The normalized spacial score (nSPS) is 19.5. The van der Waals surface area contributed by atoms with E-state index in [4.69, 9.17) is 27.9 Å². The first-order valence-corrected chi connectivity index (χ1v) is 7.69. The molecule has 0 aliphatic carbocycles. The Balaban J connectivity index is 2.29. The summed E-state index contributed by atoms with van der Waals surface area (Å²) in [5.41, 5.74) is 0.232. The number of carbonyl (C=O) groups excluding carboxylic acids is 1. The number of benzene rings is 1. The average Bonchev–Trinajstić information content (AvgIpc) is 2.37. The van der Waals surface area contributed by atoms with E-state index >= 15 is 0 Å². The second-order valence-electron chi connectivity index (χ2n) is 6.03. The van der Waals surface area contributed by atoms with E-state index in [0.717, 1.165) is 12.1 Å². The van der Waals surface area contributed by atoms with E-state index in [9.17, 15) is 4.79 Å². The number of amides is 1. The van der Waals surface area contributed by atoms with E-state index in [1.54, 1.807) is 23.1 Å². The highest BCUT2D eigenvalue weighted by Crippen LogP contribution is 2.35. The number of carbonyl (C=O) groups is 1. The van der Waals surface area contributed by atoms with Crippen molar-refractivity contribution in [2.75, 3.05) is 19.6 Å². The quantitative estimate of drug-likeness (QED) is 0.849. The van der Waals surface area contributed by atoms with E-state index in [0.29, 0.717) is 23.1 Å². The lowest BCUT2D eigenvalue weighted by molar-refractivity contribution is 0.0118. The molecule has 0 radical (unpaired) electrons. The van der Waals surface area contributed by atoms with Crippen LogP contribution in [-0.4, -0.2) is 36.2 Å². The molecule has 0 saturated carbocycles. The van der Waals surface area contributed by atoms with Crippen LogP contribution in [-0.2, 0) is 4.74 Å². The van der Waals surface area contributed by atoms with E-state index < -0.39 is 5.60 Å². The van der Waals surface area contributed by atoms with Gasteiger partial charge in [-0.15, -0.1) is 0 Å². The standard InChI is InChI=1S/C15H20Cl2N2O2/c1-15(2,3)21-14(20)19-8-7-18-9-12(19)13-10(16)5-4-6-11(13)17/h4-6,12,18H,7-9H2,1-3H3/t12-/m1/s1. The maximum Gasteiger partial charge on any atom is 0.410 e. The van der Waals surface area contributed by atoms with Gasteiger partial charge in [0.1, 0.15) is 5.60 Å². The summed E-state index contributed by atoms with van der Waals surface area (Å²) in [6, 6.07) is 5.13. The molecule has 1 saturated heterocycles. The minimum absolute atomic E-state index is 0.227. The minimum atomic E-state index is -0.531. The molecule has 1 aromatic carbocycles. The largest absolute Gasteiger partial charge is 0.444 e. The number of ether oxygens (including phenoxy) is 1. The van der Waals surface area contributed by atoms with Crippen LogP contribution in [0.1, 0.15) is 32.4 Å². The van der Waals surface area contributed by atoms with Crippen molar-refractivity contribution < 1.29 is 9.53 Å². The SMILES string of the molecule is CC(C)(C)OC(=O)N1CCNC[C@@H]1c1c(Cl)cccc1Cl. The lowest BCUT2D eigenvalue weighted by Gasteiger charge is -2.38. The minimum Gasteiger partial charge on any atom is -0.444 e. The smallest absolute Gasteiger partial charge is 0.410 e. The molecule has 1 N–H and O–H groups in total. The molecule has 1 fully saturated rings. The van der Waals surface area contributed by atoms with E-state index in [2.05, 4.69) is 5.32 Å². The van der Waals surface area contributed by atoms with Gasteiger partial charge in [-0.25, -0.2) is 4.79 Å². The number of hydrogen-bond donors (Lipinski definition) is 1. The zero-order valence-corrected chi connectivity index (χ0v) is 14.0. The van der Waals surface area contributed by atoms with Crippen LogP contribution in [0.25, 0.3) is 0 Å². The Bertz CT molecular complexity index is 509. The first-order valence-electron chi connectivity index (χ1n) is 6.94. The molecule has 6 heteroatoms. The van der Waals surface area contributed by atoms with Crippen LogP contribution >= 0.6 is 23.2 Å². The molecular formula is C15H20Cl2N2O2. The van der Waals surface area contributed by atoms with Gasteiger partial charge in [0.05, 0.1) is 6.04 Å². The first kappa shape index (κ1) is 16.4. The Labute approximate surface area is 135 Å². The zero-order chi connectivity index (χ0) is 15.6. The van der Waals surface area contributed by atoms with Gasteiger partial charge in [0.25, 0.3) is 0 Å². The molecular weight excluding hydrogens is 311 g/mol. The van der Waals surface area contributed by atoms with Crippen LogP contribution in [0.4, 0.5) is 4.79 Å². The molecule has 4 nitrogen and oxygen atoms in total. The van der Waals surface area contributed by atoms with Crippen LogP contribution in [0, 0.1) is 0 Å². The summed E-state index contributed by atoms with van der Waals surface area (Å²) < 4.78 is 5.48. The Kier molecular flexibility index (Phi) is 5.02. The molecule has 1 aromatic rings. The molecule has 0 spiro atoms. The lowest BCUT2D eigenvalue weighted by Crippen LogP contribution is -2.50. The summed E-state index contributed by atoms with van der Waals surface area (Å²) in [7, 11) is 0. The van der Waals surface area contributed by atoms with Crippen LogP contribution in [0.15, 0.2) is 18.2 Å². The molecule has 1 aliphatic rings. The van der Waals surface area contributed by atoms with Crippen molar-refractivity contribution in [3.05, 3.63) is 33.8 Å². The third-order valence-corrected chi connectivity index (χ3v) is 3.86. The fraction of sp³-hybridized carbons (Fsp3) is 0.533. The predicted molar refractivity (Wildman–Crippen MR) is 85.0 cm³/mol. The first-order chi connectivity index (χ1) is 9.79. The number of piperazine rings is 1. The maximum absolute atomic E-state index is 12.4. The van der Waals surface area contributed by atoms with Crippen LogP contribution in [0.5, 0.6) is 0 Å². The average molecular weight is 331 g/mol. The molecule has 1 atom stereocenters. The third-order valence-electron chi connectivity index (χ3n) is 3.20. The predicted octanol–water partition coefficient (Wildman–Crippen LogP) is 3.87. The van der Waals surface area contributed by atoms with Crippen molar-refractivity contribution in [2.45, 2.75) is 32.4 Å². The second-order valence-corrected chi connectivity index (χ2v) is 6.84. The van der Waals surface area contributed by atoms with Crippen molar-refractivity contribution in [2.24, 2.45) is 0 Å². The van der Waals surface area contributed by atoms with Gasteiger partial charge in [-0.3, -0.25) is 4.90 Å². The zero-order valence-electron chi connectivity index (χ0n) is 12.5. The van der Waals surface area contributed by atoms with Gasteiger partial charge in [-0.1, -0.05) is 29.3 Å². The van der Waals surface area contributed by atoms with Crippen molar-refractivity contribution in [1.82, 2.24) is 10.2 Å². The summed E-state index contributed by atoms with van der Waals surface area (Å²) in [4.78, 5) is 14.1. The van der Waals surface area contributed by atoms with Crippen LogP contribution in [0.2, 0.25) is 10.0 Å². The number of rotatable bonds is 1. The van der Waals surface area contributed by atoms with Gasteiger partial charge in [0.15, 0.2) is 0 Å². The monoisotopic (exact) mass is 330 g/mol. The van der Waals surface area contributed by atoms with Crippen LogP contribution in [0.3, 0.4) is 0 Å². The molecule has 1 heterocycles. The highest BCUT2D eigenvalue weighted by atomic mass is 35.5. The number of nitrogens with one attached hydrogen (secondary N) is 1. The lowest BCUT2D eigenvalue weighted by atomic mass is 10.0. The topological polar surface area (TPSA) is 41.6 Å². The van der Waals surface area contributed by atoms with Gasteiger partial charge in [-0.2, -0.15) is 0 Å². The molecule has 1 amide bonds. The highest BCUT2D eigenvalue weighted by molar-refractivity contribution is 6.36. The van der Waals surface area contributed by atoms with Crippen molar-refractivity contribution in [1.29, 1.82) is 0 Å². The Morgan fingerprint density at radius 3 is 2.52 bits per heavy atom. The maximum atomic E-state index is 12.4. The van der Waals surface area contributed by atoms with Crippen molar-refractivity contribution >= 4 is 29.3 Å². The molecule has 1 aliphatic heterocycles. The second kappa shape index (κ2) is 6.42. The number of nitrogens with zero attached hydrogens (tertiary/aromatic N) is 1. The van der Waals surface area contributed by atoms with Crippen LogP contribution < -0.4 is 5.32 Å². The fourth-order valence-electron chi connectivity index (χ4n) is 2.33. The van der Waals surface area contributed by atoms with E-state index in [1.165, 1.54) is 0 Å². The Hall–Kier alpha value is -0.970. The number of halogens is 2. The molecule has 0 aromatic heterocycles. The van der Waals surface area contributed by atoms with E-state index in [1.807, 2.05) is 20.8 Å². The molecule has 116 valence electrons. The Morgan fingerprint density at radius 2 is 1.95 bits per heavy atom. The molecule has 0 unspecified atom stereocenters. The summed E-state index contributed by atoms with van der Waals surface area (Å²) in [6.45, 7) is 7.43. The fourth-order valence-corrected chi connectivity index (χ4v) is 2.98. The van der Waals surface area contributed by atoms with Gasteiger partial charge in [-0.05, 0) is 32.9 Å². The van der Waals surface area contributed by atoms with Gasteiger partial charge >= 0.3 is 6.09 Å². The van der Waals surface area contributed by atoms with Gasteiger partial charge in [0.2, 0.25) is 0 Å². The van der Waals surface area contributed by atoms with Crippen molar-refractivity contribution in [3.63, 3.8) is 0 Å². The van der Waals surface area contributed by atoms with Crippen molar-refractivity contribution in [3.8, 4) is 0 Å². The molecule has 2 rings (SSSR count). The summed E-state index contributed by atoms with van der Waals surface area (Å²) in [5.74, 6) is 0. The van der Waals surface area contributed by atoms with E-state index in [-0.39, 0.29) is 12.1 Å². The molecule has 21 heavy (non-hydrogen) atoms. The van der Waals surface area contributed by atoms with Gasteiger partial charge < -0.3 is 10.1 Å². The third kappa shape index (κ3) is 4.02. The summed E-state index contributed by atoms with van der Waals surface area (Å²) in [5, 5.41) is 4.39. The highest BCUT2D eigenvalue weighted by Gasteiger charge is 2.33. The van der Waals surface area contributed by atoms with Gasteiger partial charge in [0, 0.05) is 35.2 Å². The summed E-state index contributed by atoms with van der Waals surface area (Å²) in [6.07, 6.45) is -0.343. The molecule has 0 bridgehead atoms. The number of hydrogen-bond acceptors (Lipinski definition) is 3.